The van der Waals surface area contributed by atoms with E-state index in [1.807, 2.05) is 0 Å². The van der Waals surface area contributed by atoms with Crippen molar-refractivity contribution in [3.8, 4) is 5.75 Å². The van der Waals surface area contributed by atoms with Gasteiger partial charge in [-0.1, -0.05) is 13.0 Å². The molecule has 1 atom stereocenters. The number of aryl methyl sites for hydroxylation is 3. The van der Waals surface area contributed by atoms with Crippen molar-refractivity contribution >= 4 is 11.7 Å². The molecule has 1 aromatic heterocycles. The number of H-pyrrole nitrogens is 1. The Morgan fingerprint density at radius 2 is 2.09 bits per heavy atom. The lowest BCUT2D eigenvalue weighted by Gasteiger charge is -2.25. The maximum Gasteiger partial charge on any atom is 0.226 e. The third kappa shape index (κ3) is 2.22. The summed E-state index contributed by atoms with van der Waals surface area (Å²) in [7, 11) is 1.71. The molecule has 1 aromatic carbocycles. The Bertz CT molecular complexity index is 779. The molecule has 1 unspecified atom stereocenters. The van der Waals surface area contributed by atoms with E-state index in [4.69, 9.17) is 4.74 Å². The van der Waals surface area contributed by atoms with E-state index in [0.717, 1.165) is 41.8 Å². The first-order valence-electron chi connectivity index (χ1n) is 8.28. The fourth-order valence-electron chi connectivity index (χ4n) is 3.93. The Hall–Kier alpha value is -2.30. The minimum atomic E-state index is 0.00769. The summed E-state index contributed by atoms with van der Waals surface area (Å²) < 4.78 is 5.66. The van der Waals surface area contributed by atoms with Crippen LogP contribution in [-0.2, 0) is 24.1 Å². The predicted molar refractivity (Wildman–Crippen MR) is 88.1 cm³/mol. The summed E-state index contributed by atoms with van der Waals surface area (Å²) in [6.45, 7) is 2.10. The highest BCUT2D eigenvalue weighted by Crippen LogP contribution is 2.43. The minimum absolute atomic E-state index is 0.00769. The summed E-state index contributed by atoms with van der Waals surface area (Å²) in [5.41, 5.74) is 6.10. The number of nitrogens with one attached hydrogen (secondary N) is 2. The summed E-state index contributed by atoms with van der Waals surface area (Å²) in [6, 6.07) is 4.41. The Morgan fingerprint density at radius 1 is 1.30 bits per heavy atom. The molecule has 0 radical (unpaired) electrons. The summed E-state index contributed by atoms with van der Waals surface area (Å²) >= 11 is 0. The molecule has 5 nitrogen and oxygen atoms in total. The molecule has 5 heteroatoms. The number of amides is 1. The number of methoxy groups -OCH3 is 1. The number of hydrogen-bond donors (Lipinski definition) is 2. The van der Waals surface area contributed by atoms with Crippen molar-refractivity contribution in [1.29, 1.82) is 0 Å². The number of aromatic amines is 1. The maximum absolute atomic E-state index is 12.1. The first kappa shape index (κ1) is 14.3. The number of nitrogens with zero attached hydrogens (tertiary/aromatic N) is 1. The lowest BCUT2D eigenvalue weighted by Crippen LogP contribution is -2.24. The molecule has 2 heterocycles. The van der Waals surface area contributed by atoms with Crippen LogP contribution in [0.5, 0.6) is 5.75 Å². The fourth-order valence-corrected chi connectivity index (χ4v) is 3.93. The molecule has 4 rings (SSSR count). The maximum atomic E-state index is 12.1. The third-order valence-corrected chi connectivity index (χ3v) is 5.05. The van der Waals surface area contributed by atoms with Crippen molar-refractivity contribution in [2.75, 3.05) is 12.4 Å². The van der Waals surface area contributed by atoms with Crippen LogP contribution in [0.15, 0.2) is 12.1 Å². The number of benzene rings is 1. The second-order valence-corrected chi connectivity index (χ2v) is 6.34. The Kier molecular flexibility index (Phi) is 3.36. The van der Waals surface area contributed by atoms with Crippen LogP contribution in [0.25, 0.3) is 0 Å². The van der Waals surface area contributed by atoms with E-state index in [1.165, 1.54) is 17.5 Å². The molecule has 0 saturated carbocycles. The lowest BCUT2D eigenvalue weighted by atomic mass is 9.83. The number of hydrogen-bond acceptors (Lipinski definition) is 3. The molecule has 2 aromatic rings. The van der Waals surface area contributed by atoms with Crippen molar-refractivity contribution in [2.24, 2.45) is 0 Å². The predicted octanol–water partition coefficient (Wildman–Crippen LogP) is 2.94. The molecule has 1 amide bonds. The van der Waals surface area contributed by atoms with Gasteiger partial charge in [0, 0.05) is 29.2 Å². The van der Waals surface area contributed by atoms with E-state index in [1.54, 1.807) is 7.11 Å². The molecule has 1 aliphatic carbocycles. The van der Waals surface area contributed by atoms with Gasteiger partial charge in [0.05, 0.1) is 7.11 Å². The van der Waals surface area contributed by atoms with E-state index in [0.29, 0.717) is 12.2 Å². The number of carbonyl (C=O) groups excluding carboxylic acids is 1. The van der Waals surface area contributed by atoms with Gasteiger partial charge in [-0.25, -0.2) is 0 Å². The molecule has 0 saturated heterocycles. The second-order valence-electron chi connectivity index (χ2n) is 6.34. The standard InChI is InChI=1S/C18H21N3O2/c1-3-14-17-13(9-16(22)19-18(17)21-20-14)12-7-10-5-4-6-11(10)8-15(12)23-2/h7-8,13H,3-6,9H2,1-2H3,(H2,19,20,21,22). The van der Waals surface area contributed by atoms with Crippen molar-refractivity contribution < 1.29 is 9.53 Å². The van der Waals surface area contributed by atoms with Crippen LogP contribution in [0.3, 0.4) is 0 Å². The molecule has 0 bridgehead atoms. The molecule has 0 fully saturated rings. The second kappa shape index (κ2) is 5.41. The monoisotopic (exact) mass is 311 g/mol. The zero-order valence-corrected chi connectivity index (χ0v) is 13.5. The zero-order chi connectivity index (χ0) is 16.0. The molecule has 23 heavy (non-hydrogen) atoms. The van der Waals surface area contributed by atoms with Gasteiger partial charge in [-0.3, -0.25) is 9.89 Å². The lowest BCUT2D eigenvalue weighted by molar-refractivity contribution is -0.116. The quantitative estimate of drug-likeness (QED) is 0.916. The van der Waals surface area contributed by atoms with E-state index < -0.39 is 0 Å². The smallest absolute Gasteiger partial charge is 0.226 e. The van der Waals surface area contributed by atoms with Gasteiger partial charge in [0.2, 0.25) is 5.91 Å². The number of aromatic nitrogens is 2. The molecule has 2 aliphatic rings. The van der Waals surface area contributed by atoms with Gasteiger partial charge in [-0.2, -0.15) is 5.10 Å². The summed E-state index contributed by atoms with van der Waals surface area (Å²) in [5.74, 6) is 1.58. The van der Waals surface area contributed by atoms with Gasteiger partial charge in [-0.15, -0.1) is 0 Å². The van der Waals surface area contributed by atoms with Gasteiger partial charge in [0.1, 0.15) is 5.75 Å². The number of anilines is 1. The Morgan fingerprint density at radius 3 is 2.83 bits per heavy atom. The SMILES string of the molecule is CCc1[nH]nc2c1C(c1cc3c(cc1OC)CCC3)CC(=O)N2. The zero-order valence-electron chi connectivity index (χ0n) is 13.5. The number of ether oxygens (including phenoxy) is 1. The summed E-state index contributed by atoms with van der Waals surface area (Å²) in [4.78, 5) is 12.1. The van der Waals surface area contributed by atoms with Crippen LogP contribution in [0.1, 0.15) is 53.6 Å². The Labute approximate surface area is 135 Å². The molecular weight excluding hydrogens is 290 g/mol. The number of rotatable bonds is 3. The van der Waals surface area contributed by atoms with Gasteiger partial charge in [-0.05, 0) is 42.9 Å². The van der Waals surface area contributed by atoms with E-state index >= 15 is 0 Å². The van der Waals surface area contributed by atoms with E-state index in [2.05, 4.69) is 34.6 Å². The van der Waals surface area contributed by atoms with Gasteiger partial charge in [0.25, 0.3) is 0 Å². The highest BCUT2D eigenvalue weighted by Gasteiger charge is 2.33. The molecule has 1 aliphatic heterocycles. The first-order valence-corrected chi connectivity index (χ1v) is 8.28. The molecule has 0 spiro atoms. The van der Waals surface area contributed by atoms with E-state index in [9.17, 15) is 4.79 Å². The van der Waals surface area contributed by atoms with E-state index in [-0.39, 0.29) is 11.8 Å². The van der Waals surface area contributed by atoms with Crippen LogP contribution in [0, 0.1) is 0 Å². The summed E-state index contributed by atoms with van der Waals surface area (Å²) in [6.07, 6.45) is 4.74. The first-order chi connectivity index (χ1) is 11.2. The number of fused-ring (bicyclic) bond motifs is 2. The largest absolute Gasteiger partial charge is 0.496 e. The molecule has 2 N–H and O–H groups in total. The highest BCUT2D eigenvalue weighted by atomic mass is 16.5. The van der Waals surface area contributed by atoms with Gasteiger partial charge in [0.15, 0.2) is 5.82 Å². The molecule has 120 valence electrons. The Balaban J connectivity index is 1.88. The third-order valence-electron chi connectivity index (χ3n) is 5.05. The van der Waals surface area contributed by atoms with Crippen molar-refractivity contribution in [1.82, 2.24) is 10.2 Å². The van der Waals surface area contributed by atoms with Gasteiger partial charge < -0.3 is 10.1 Å². The molecular formula is C18H21N3O2. The van der Waals surface area contributed by atoms with Crippen LogP contribution in [0.2, 0.25) is 0 Å². The van der Waals surface area contributed by atoms with Crippen LogP contribution in [0.4, 0.5) is 5.82 Å². The normalized spacial score (nSPS) is 19.2. The summed E-state index contributed by atoms with van der Waals surface area (Å²) in [5, 5.41) is 10.2. The average Bonchev–Trinajstić information content (AvgIpc) is 3.18. The van der Waals surface area contributed by atoms with Crippen molar-refractivity contribution in [3.63, 3.8) is 0 Å². The number of carbonyl (C=O) groups is 1. The van der Waals surface area contributed by atoms with Crippen LogP contribution >= 0.6 is 0 Å². The van der Waals surface area contributed by atoms with Gasteiger partial charge >= 0.3 is 0 Å². The highest BCUT2D eigenvalue weighted by molar-refractivity contribution is 5.94. The average molecular weight is 311 g/mol. The fraction of sp³-hybridized carbons (Fsp3) is 0.444. The minimum Gasteiger partial charge on any atom is -0.496 e. The van der Waals surface area contributed by atoms with Crippen molar-refractivity contribution in [2.45, 2.75) is 44.9 Å². The van der Waals surface area contributed by atoms with Crippen LogP contribution < -0.4 is 10.1 Å². The van der Waals surface area contributed by atoms with Crippen molar-refractivity contribution in [3.05, 3.63) is 40.1 Å². The van der Waals surface area contributed by atoms with Crippen LogP contribution in [-0.4, -0.2) is 23.2 Å². The topological polar surface area (TPSA) is 67.0 Å².